The molecule has 8 nitrogen and oxygen atoms in total. The number of carbonyl (C=O) groups is 2. The van der Waals surface area contributed by atoms with E-state index in [1.165, 1.54) is 12.1 Å². The quantitative estimate of drug-likeness (QED) is 0.444. The van der Waals surface area contributed by atoms with Gasteiger partial charge in [0.2, 0.25) is 0 Å². The summed E-state index contributed by atoms with van der Waals surface area (Å²) in [5.41, 5.74) is 2.25. The van der Waals surface area contributed by atoms with Gasteiger partial charge in [0.05, 0.1) is 15.5 Å². The van der Waals surface area contributed by atoms with Crippen LogP contribution in [0.2, 0.25) is 5.02 Å². The van der Waals surface area contributed by atoms with Gasteiger partial charge in [-0.15, -0.1) is 0 Å². The molecular weight excluding hydrogens is 444 g/mol. The molecule has 168 valence electrons. The minimum atomic E-state index is -0.566. The van der Waals surface area contributed by atoms with E-state index >= 15 is 0 Å². The Kier molecular flexibility index (Phi) is 6.55. The highest BCUT2D eigenvalue weighted by atomic mass is 35.5. The van der Waals surface area contributed by atoms with Gasteiger partial charge in [0.1, 0.15) is 0 Å². The molecular formula is C24H21ClN4O4. The number of carbonyl (C=O) groups excluding carboxylic acids is 2. The summed E-state index contributed by atoms with van der Waals surface area (Å²) in [4.78, 5) is 39.4. The maximum Gasteiger partial charge on any atom is 0.270 e. The van der Waals surface area contributed by atoms with Crippen LogP contribution in [0.1, 0.15) is 20.7 Å². The lowest BCUT2D eigenvalue weighted by Crippen LogP contribution is -2.48. The number of piperazine rings is 1. The van der Waals surface area contributed by atoms with Crippen LogP contribution in [0.15, 0.2) is 72.8 Å². The monoisotopic (exact) mass is 464 g/mol. The Balaban J connectivity index is 1.35. The maximum atomic E-state index is 12.6. The largest absolute Gasteiger partial charge is 0.368 e. The van der Waals surface area contributed by atoms with Gasteiger partial charge in [-0.3, -0.25) is 19.7 Å². The minimum absolute atomic E-state index is 0.0150. The van der Waals surface area contributed by atoms with Gasteiger partial charge >= 0.3 is 0 Å². The third kappa shape index (κ3) is 5.12. The first-order valence-corrected chi connectivity index (χ1v) is 10.7. The number of nitro benzene ring substituents is 1. The zero-order valence-electron chi connectivity index (χ0n) is 17.6. The molecule has 0 radical (unpaired) electrons. The van der Waals surface area contributed by atoms with E-state index in [-0.39, 0.29) is 22.2 Å². The van der Waals surface area contributed by atoms with Crippen LogP contribution in [0, 0.1) is 10.1 Å². The lowest BCUT2D eigenvalue weighted by atomic mass is 10.1. The summed E-state index contributed by atoms with van der Waals surface area (Å²) < 4.78 is 0. The number of anilines is 2. The minimum Gasteiger partial charge on any atom is -0.368 e. The number of nitro groups is 1. The molecule has 0 bridgehead atoms. The van der Waals surface area contributed by atoms with Crippen molar-refractivity contribution in [3.8, 4) is 0 Å². The van der Waals surface area contributed by atoms with Gasteiger partial charge in [-0.25, -0.2) is 0 Å². The van der Waals surface area contributed by atoms with E-state index in [0.29, 0.717) is 37.4 Å². The van der Waals surface area contributed by atoms with Crippen LogP contribution >= 0.6 is 11.6 Å². The summed E-state index contributed by atoms with van der Waals surface area (Å²) in [6.45, 7) is 2.68. The van der Waals surface area contributed by atoms with E-state index in [1.54, 1.807) is 12.1 Å². The molecule has 9 heteroatoms. The smallest absolute Gasteiger partial charge is 0.270 e. The molecule has 1 N–H and O–H groups in total. The highest BCUT2D eigenvalue weighted by molar-refractivity contribution is 6.34. The summed E-state index contributed by atoms with van der Waals surface area (Å²) in [5.74, 6) is -0.408. The summed E-state index contributed by atoms with van der Waals surface area (Å²) in [7, 11) is 0. The van der Waals surface area contributed by atoms with Crippen LogP contribution in [-0.4, -0.2) is 47.8 Å². The van der Waals surface area contributed by atoms with Crippen molar-refractivity contribution in [3.05, 3.63) is 99.1 Å². The predicted octanol–water partition coefficient (Wildman–Crippen LogP) is 4.46. The summed E-state index contributed by atoms with van der Waals surface area (Å²) in [5, 5.41) is 13.6. The Labute approximate surface area is 195 Å². The molecule has 3 aromatic carbocycles. The van der Waals surface area contributed by atoms with E-state index in [1.807, 2.05) is 47.4 Å². The van der Waals surface area contributed by atoms with Gasteiger partial charge < -0.3 is 15.1 Å². The van der Waals surface area contributed by atoms with Gasteiger partial charge in [0.15, 0.2) is 0 Å². The lowest BCUT2D eigenvalue weighted by molar-refractivity contribution is -0.384. The lowest BCUT2D eigenvalue weighted by Gasteiger charge is -2.36. The second-order valence-electron chi connectivity index (χ2n) is 7.57. The Bertz CT molecular complexity index is 1180. The molecule has 1 saturated heterocycles. The van der Waals surface area contributed by atoms with Crippen LogP contribution < -0.4 is 10.2 Å². The first-order valence-electron chi connectivity index (χ1n) is 10.4. The first kappa shape index (κ1) is 22.3. The van der Waals surface area contributed by atoms with E-state index in [0.717, 1.165) is 11.8 Å². The fourth-order valence-corrected chi connectivity index (χ4v) is 3.95. The zero-order chi connectivity index (χ0) is 23.4. The molecule has 0 atom stereocenters. The number of rotatable bonds is 5. The number of amides is 2. The Morgan fingerprint density at radius 3 is 2.18 bits per heavy atom. The van der Waals surface area contributed by atoms with Gasteiger partial charge in [-0.05, 0) is 42.5 Å². The van der Waals surface area contributed by atoms with Crippen molar-refractivity contribution in [3.63, 3.8) is 0 Å². The van der Waals surface area contributed by atoms with Crippen LogP contribution in [-0.2, 0) is 0 Å². The molecule has 0 aromatic heterocycles. The van der Waals surface area contributed by atoms with Gasteiger partial charge in [0.25, 0.3) is 17.5 Å². The third-order valence-electron chi connectivity index (χ3n) is 5.49. The van der Waals surface area contributed by atoms with Gasteiger partial charge in [0, 0.05) is 55.2 Å². The fourth-order valence-electron chi connectivity index (χ4n) is 3.69. The second-order valence-corrected chi connectivity index (χ2v) is 7.97. The summed E-state index contributed by atoms with van der Waals surface area (Å²) in [6, 6.07) is 20.4. The maximum absolute atomic E-state index is 12.6. The Morgan fingerprint density at radius 1 is 0.909 bits per heavy atom. The number of hydrogen-bond donors (Lipinski definition) is 1. The van der Waals surface area contributed by atoms with Crippen molar-refractivity contribution in [2.75, 3.05) is 36.4 Å². The standard InChI is InChI=1S/C24H21ClN4O4/c25-22-16-20(29(32)33)10-11-21(22)23(30)26-18-6-8-19(9-7-18)27-12-14-28(15-13-27)24(31)17-4-2-1-3-5-17/h1-11,16H,12-15H2,(H,26,30). The Morgan fingerprint density at radius 2 is 1.58 bits per heavy atom. The van der Waals surface area contributed by atoms with Crippen molar-refractivity contribution in [1.29, 1.82) is 0 Å². The first-order chi connectivity index (χ1) is 15.9. The molecule has 0 spiro atoms. The molecule has 1 aliphatic rings. The third-order valence-corrected chi connectivity index (χ3v) is 5.80. The summed E-state index contributed by atoms with van der Waals surface area (Å²) >= 11 is 6.03. The molecule has 0 saturated carbocycles. The average Bonchev–Trinajstić information content (AvgIpc) is 2.84. The zero-order valence-corrected chi connectivity index (χ0v) is 18.4. The number of halogens is 1. The van der Waals surface area contributed by atoms with Gasteiger partial charge in [-0.2, -0.15) is 0 Å². The van der Waals surface area contributed by atoms with Crippen molar-refractivity contribution in [2.45, 2.75) is 0 Å². The normalized spacial score (nSPS) is 13.5. The van der Waals surface area contributed by atoms with Crippen molar-refractivity contribution < 1.29 is 14.5 Å². The van der Waals surface area contributed by atoms with Crippen molar-refractivity contribution in [2.24, 2.45) is 0 Å². The number of hydrogen-bond acceptors (Lipinski definition) is 5. The number of nitrogens with zero attached hydrogens (tertiary/aromatic N) is 3. The SMILES string of the molecule is O=C(Nc1ccc(N2CCN(C(=O)c3ccccc3)CC2)cc1)c1ccc([N+](=O)[O-])cc1Cl. The molecule has 33 heavy (non-hydrogen) atoms. The van der Waals surface area contributed by atoms with Crippen LogP contribution in [0.25, 0.3) is 0 Å². The summed E-state index contributed by atoms with van der Waals surface area (Å²) in [6.07, 6.45) is 0. The number of benzene rings is 3. The molecule has 3 aromatic rings. The molecule has 1 aliphatic heterocycles. The molecule has 4 rings (SSSR count). The van der Waals surface area contributed by atoms with Crippen LogP contribution in [0.5, 0.6) is 0 Å². The van der Waals surface area contributed by atoms with E-state index in [2.05, 4.69) is 10.2 Å². The fraction of sp³-hybridized carbons (Fsp3) is 0.167. The average molecular weight is 465 g/mol. The molecule has 1 heterocycles. The highest BCUT2D eigenvalue weighted by Gasteiger charge is 2.22. The molecule has 1 fully saturated rings. The van der Waals surface area contributed by atoms with Crippen LogP contribution in [0.3, 0.4) is 0 Å². The topological polar surface area (TPSA) is 95.8 Å². The number of nitrogens with one attached hydrogen (secondary N) is 1. The van der Waals surface area contributed by atoms with Crippen molar-refractivity contribution >= 4 is 40.5 Å². The highest BCUT2D eigenvalue weighted by Crippen LogP contribution is 2.25. The van der Waals surface area contributed by atoms with E-state index in [4.69, 9.17) is 11.6 Å². The predicted molar refractivity (Wildman–Crippen MR) is 127 cm³/mol. The van der Waals surface area contributed by atoms with E-state index < -0.39 is 10.8 Å². The molecule has 2 amide bonds. The van der Waals surface area contributed by atoms with E-state index in [9.17, 15) is 19.7 Å². The Hall–Kier alpha value is -3.91. The van der Waals surface area contributed by atoms with Crippen molar-refractivity contribution in [1.82, 2.24) is 4.90 Å². The molecule has 0 aliphatic carbocycles. The number of non-ortho nitro benzene ring substituents is 1. The van der Waals surface area contributed by atoms with Crippen LogP contribution in [0.4, 0.5) is 17.1 Å². The molecule has 0 unspecified atom stereocenters. The van der Waals surface area contributed by atoms with Gasteiger partial charge in [-0.1, -0.05) is 29.8 Å². The second kappa shape index (κ2) is 9.70.